The topological polar surface area (TPSA) is 81.8 Å². The van der Waals surface area contributed by atoms with Gasteiger partial charge in [0.2, 0.25) is 10.0 Å². The number of alkyl halides is 2. The Hall–Kier alpha value is -1.52. The third-order valence-corrected chi connectivity index (χ3v) is 5.98. The molecule has 2 rings (SSSR count). The minimum Gasteiger partial charge on any atom is -0.265 e. The number of hydrogen-bond donors (Lipinski definition) is 1. The van der Waals surface area contributed by atoms with Gasteiger partial charge in [-0.3, -0.25) is 4.68 Å². The average molecular weight is 396 g/mol. The predicted molar refractivity (Wildman–Crippen MR) is 89.4 cm³/mol. The van der Waals surface area contributed by atoms with E-state index in [9.17, 15) is 17.2 Å². The van der Waals surface area contributed by atoms with Gasteiger partial charge in [0, 0.05) is 6.54 Å². The van der Waals surface area contributed by atoms with Gasteiger partial charge in [0.1, 0.15) is 4.90 Å². The van der Waals surface area contributed by atoms with E-state index >= 15 is 0 Å². The molecular formula is C14H20ClF2N5O2S. The van der Waals surface area contributed by atoms with E-state index in [0.717, 1.165) is 11.9 Å². The monoisotopic (exact) mass is 395 g/mol. The summed E-state index contributed by atoms with van der Waals surface area (Å²) in [4.78, 5) is -0.255. The number of nitrogens with zero attached hydrogens (tertiary/aromatic N) is 4. The first-order valence-corrected chi connectivity index (χ1v) is 9.45. The number of nitrogens with one attached hydrogen (secondary N) is 1. The summed E-state index contributed by atoms with van der Waals surface area (Å²) in [7, 11) is -3.92. The summed E-state index contributed by atoms with van der Waals surface area (Å²) in [5.74, 6) is 0. The van der Waals surface area contributed by atoms with Crippen molar-refractivity contribution in [3.8, 4) is 0 Å². The molecule has 0 radical (unpaired) electrons. The van der Waals surface area contributed by atoms with Gasteiger partial charge in [-0.1, -0.05) is 11.6 Å². The molecule has 2 aromatic heterocycles. The Morgan fingerprint density at radius 1 is 1.24 bits per heavy atom. The number of aryl methyl sites for hydroxylation is 2. The highest BCUT2D eigenvalue weighted by molar-refractivity contribution is 7.89. The number of sulfonamides is 1. The van der Waals surface area contributed by atoms with E-state index in [2.05, 4.69) is 14.9 Å². The lowest BCUT2D eigenvalue weighted by molar-refractivity contribution is 0.0561. The van der Waals surface area contributed by atoms with Crippen LogP contribution in [0.4, 0.5) is 8.78 Å². The van der Waals surface area contributed by atoms with Crippen LogP contribution in [0.2, 0.25) is 5.02 Å². The largest absolute Gasteiger partial charge is 0.333 e. The highest BCUT2D eigenvalue weighted by Gasteiger charge is 2.23. The van der Waals surface area contributed by atoms with Gasteiger partial charge in [0.15, 0.2) is 0 Å². The normalized spacial score (nSPS) is 13.6. The lowest BCUT2D eigenvalue weighted by Crippen LogP contribution is -2.27. The third-order valence-electron chi connectivity index (χ3n) is 3.87. The van der Waals surface area contributed by atoms with Crippen LogP contribution in [0.25, 0.3) is 0 Å². The molecule has 0 aliphatic heterocycles. The molecule has 0 spiro atoms. The Balaban J connectivity index is 2.04. The van der Waals surface area contributed by atoms with Crippen LogP contribution in [-0.2, 0) is 10.0 Å². The summed E-state index contributed by atoms with van der Waals surface area (Å²) < 4.78 is 54.3. The van der Waals surface area contributed by atoms with E-state index in [1.54, 1.807) is 11.6 Å². The minimum atomic E-state index is -3.92. The molecular weight excluding hydrogens is 376 g/mol. The summed E-state index contributed by atoms with van der Waals surface area (Å²) in [5.41, 5.74) is 1.54. The van der Waals surface area contributed by atoms with Gasteiger partial charge in [-0.2, -0.15) is 19.0 Å². The lowest BCUT2D eigenvalue weighted by atomic mass is 10.2. The fourth-order valence-corrected chi connectivity index (χ4v) is 3.85. The maximum Gasteiger partial charge on any atom is 0.333 e. The maximum atomic E-state index is 12.6. The van der Waals surface area contributed by atoms with Crippen molar-refractivity contribution in [3.05, 3.63) is 28.3 Å². The quantitative estimate of drug-likeness (QED) is 0.781. The zero-order valence-electron chi connectivity index (χ0n) is 14.3. The van der Waals surface area contributed by atoms with Crippen LogP contribution < -0.4 is 4.72 Å². The number of hydrogen-bond acceptors (Lipinski definition) is 4. The smallest absolute Gasteiger partial charge is 0.265 e. The Labute approximate surface area is 150 Å². The van der Waals surface area contributed by atoms with Crippen molar-refractivity contribution in [3.63, 3.8) is 0 Å². The van der Waals surface area contributed by atoms with Crippen molar-refractivity contribution in [2.24, 2.45) is 0 Å². The van der Waals surface area contributed by atoms with Crippen LogP contribution in [0.3, 0.4) is 0 Å². The van der Waals surface area contributed by atoms with Crippen molar-refractivity contribution in [2.75, 3.05) is 6.54 Å². The second-order valence-electron chi connectivity index (χ2n) is 5.80. The van der Waals surface area contributed by atoms with Crippen molar-refractivity contribution in [2.45, 2.75) is 51.6 Å². The van der Waals surface area contributed by atoms with E-state index in [1.807, 2.05) is 13.8 Å². The number of rotatable bonds is 7. The predicted octanol–water partition coefficient (Wildman–Crippen LogP) is 2.98. The van der Waals surface area contributed by atoms with Gasteiger partial charge in [0.05, 0.1) is 34.3 Å². The van der Waals surface area contributed by atoms with Gasteiger partial charge >= 0.3 is 6.55 Å². The van der Waals surface area contributed by atoms with Crippen LogP contribution in [0.15, 0.2) is 11.1 Å². The van der Waals surface area contributed by atoms with Crippen LogP contribution in [-0.4, -0.2) is 34.5 Å². The van der Waals surface area contributed by atoms with E-state index < -0.39 is 16.6 Å². The third kappa shape index (κ3) is 4.18. The number of aromatic nitrogens is 4. The van der Waals surface area contributed by atoms with Gasteiger partial charge in [0.25, 0.3) is 0 Å². The molecule has 0 amide bonds. The fourth-order valence-electron chi connectivity index (χ4n) is 2.50. The van der Waals surface area contributed by atoms with Crippen molar-refractivity contribution >= 4 is 21.6 Å². The molecule has 0 bridgehead atoms. The van der Waals surface area contributed by atoms with Crippen LogP contribution in [0, 0.1) is 20.8 Å². The molecule has 0 saturated carbocycles. The molecule has 2 heterocycles. The Bertz CT molecular complexity index is 863. The maximum absolute atomic E-state index is 12.6. The Morgan fingerprint density at radius 3 is 2.36 bits per heavy atom. The molecule has 140 valence electrons. The van der Waals surface area contributed by atoms with Crippen molar-refractivity contribution in [1.29, 1.82) is 0 Å². The molecule has 1 N–H and O–H groups in total. The standard InChI is InChI=1S/C14H20ClF2N5O2S/c1-8(22-11(4)13(15)10(3)20-22)5-6-18-25(23,24)12-7-21(14(16)17)19-9(12)2/h7-8,14,18H,5-6H2,1-4H3. The number of halogens is 3. The van der Waals surface area contributed by atoms with Gasteiger partial charge in [-0.15, -0.1) is 0 Å². The van der Waals surface area contributed by atoms with Crippen molar-refractivity contribution in [1.82, 2.24) is 24.3 Å². The highest BCUT2D eigenvalue weighted by atomic mass is 35.5. The average Bonchev–Trinajstić information content (AvgIpc) is 3.03. The molecule has 25 heavy (non-hydrogen) atoms. The van der Waals surface area contributed by atoms with E-state index in [0.29, 0.717) is 21.8 Å². The van der Waals surface area contributed by atoms with Gasteiger partial charge in [-0.25, -0.2) is 17.8 Å². The molecule has 0 saturated heterocycles. The van der Waals surface area contributed by atoms with Gasteiger partial charge < -0.3 is 0 Å². The summed E-state index contributed by atoms with van der Waals surface area (Å²) >= 11 is 6.11. The second kappa shape index (κ2) is 7.38. The van der Waals surface area contributed by atoms with Crippen LogP contribution in [0.5, 0.6) is 0 Å². The SMILES string of the molecule is Cc1nn(C(F)F)cc1S(=O)(=O)NCCC(C)n1nc(C)c(Cl)c1C. The zero-order chi connectivity index (χ0) is 18.9. The molecule has 0 aromatic carbocycles. The molecule has 0 aliphatic rings. The lowest BCUT2D eigenvalue weighted by Gasteiger charge is -2.14. The van der Waals surface area contributed by atoms with Gasteiger partial charge in [-0.05, 0) is 34.1 Å². The summed E-state index contributed by atoms with van der Waals surface area (Å²) in [5, 5.41) is 8.43. The first-order chi connectivity index (χ1) is 11.5. The second-order valence-corrected chi connectivity index (χ2v) is 7.91. The molecule has 2 aromatic rings. The van der Waals surface area contributed by atoms with Crippen LogP contribution in [0.1, 0.15) is 43.0 Å². The van der Waals surface area contributed by atoms with Crippen molar-refractivity contribution < 1.29 is 17.2 Å². The van der Waals surface area contributed by atoms with Crippen LogP contribution >= 0.6 is 11.6 Å². The molecule has 0 fully saturated rings. The first-order valence-electron chi connectivity index (χ1n) is 7.59. The summed E-state index contributed by atoms with van der Waals surface area (Å²) in [6.45, 7) is 4.13. The fraction of sp³-hybridized carbons (Fsp3) is 0.571. The highest BCUT2D eigenvalue weighted by Crippen LogP contribution is 2.23. The van der Waals surface area contributed by atoms with E-state index in [1.165, 1.54) is 6.92 Å². The van der Waals surface area contributed by atoms with E-state index in [4.69, 9.17) is 11.6 Å². The Kier molecular flexibility index (Phi) is 5.85. The zero-order valence-corrected chi connectivity index (χ0v) is 15.9. The molecule has 0 aliphatic carbocycles. The first kappa shape index (κ1) is 19.8. The molecule has 11 heteroatoms. The molecule has 7 nitrogen and oxygen atoms in total. The summed E-state index contributed by atoms with van der Waals surface area (Å²) in [6, 6.07) is -0.0845. The molecule has 1 unspecified atom stereocenters. The Morgan fingerprint density at radius 2 is 1.88 bits per heavy atom. The summed E-state index contributed by atoms with van der Waals surface area (Å²) in [6.07, 6.45) is 1.28. The van der Waals surface area contributed by atoms with E-state index in [-0.39, 0.29) is 23.2 Å². The molecule has 1 atom stereocenters. The minimum absolute atomic E-state index is 0.0196.